The Kier molecular flexibility index (Phi) is 6.20. The van der Waals surface area contributed by atoms with E-state index in [4.69, 9.17) is 5.11 Å². The van der Waals surface area contributed by atoms with E-state index in [0.717, 1.165) is 38.8 Å². The summed E-state index contributed by atoms with van der Waals surface area (Å²) in [6, 6.07) is 0. The Morgan fingerprint density at radius 2 is 1.70 bits per heavy atom. The van der Waals surface area contributed by atoms with Gasteiger partial charge in [-0.05, 0) is 55.4 Å². The molecule has 0 atom stereocenters. The van der Waals surface area contributed by atoms with Crippen molar-refractivity contribution in [1.82, 2.24) is 4.90 Å². The van der Waals surface area contributed by atoms with Gasteiger partial charge in [-0.3, -0.25) is 9.59 Å². The highest BCUT2D eigenvalue weighted by Crippen LogP contribution is 2.27. The third-order valence-electron chi connectivity index (χ3n) is 4.54. The molecule has 0 aromatic rings. The molecule has 0 radical (unpaired) electrons. The minimum Gasteiger partial charge on any atom is -0.481 e. The van der Waals surface area contributed by atoms with Crippen molar-refractivity contribution < 1.29 is 14.7 Å². The standard InChI is InChI=1S/C15H25NO3S/c17-14(11-13-5-9-20-10-6-13)16-7-3-12(4-8-16)1-2-15(18)19/h12-13H,1-11H2,(H,18,19). The zero-order chi connectivity index (χ0) is 14.4. The van der Waals surface area contributed by atoms with Crippen LogP contribution in [0.15, 0.2) is 0 Å². The average Bonchev–Trinajstić information content (AvgIpc) is 2.46. The number of nitrogens with zero attached hydrogens (tertiary/aromatic N) is 1. The van der Waals surface area contributed by atoms with Gasteiger partial charge in [0.2, 0.25) is 5.91 Å². The predicted molar refractivity (Wildman–Crippen MR) is 80.8 cm³/mol. The molecule has 2 heterocycles. The molecular weight excluding hydrogens is 274 g/mol. The predicted octanol–water partition coefficient (Wildman–Crippen LogP) is 2.62. The number of likely N-dealkylation sites (tertiary alicyclic amines) is 1. The summed E-state index contributed by atoms with van der Waals surface area (Å²) in [7, 11) is 0. The van der Waals surface area contributed by atoms with Crippen LogP contribution < -0.4 is 0 Å². The molecule has 0 aromatic carbocycles. The molecule has 0 bridgehead atoms. The molecule has 0 spiro atoms. The van der Waals surface area contributed by atoms with Gasteiger partial charge in [-0.25, -0.2) is 0 Å². The van der Waals surface area contributed by atoms with Crippen LogP contribution in [0.3, 0.4) is 0 Å². The largest absolute Gasteiger partial charge is 0.481 e. The molecule has 0 unspecified atom stereocenters. The maximum absolute atomic E-state index is 12.3. The number of carbonyl (C=O) groups is 2. The van der Waals surface area contributed by atoms with Crippen molar-refractivity contribution in [3.05, 3.63) is 0 Å². The van der Waals surface area contributed by atoms with E-state index in [1.54, 1.807) is 0 Å². The second kappa shape index (κ2) is 7.91. The topological polar surface area (TPSA) is 57.6 Å². The van der Waals surface area contributed by atoms with E-state index >= 15 is 0 Å². The molecule has 114 valence electrons. The van der Waals surface area contributed by atoms with Gasteiger partial charge in [-0.15, -0.1) is 0 Å². The van der Waals surface area contributed by atoms with Gasteiger partial charge in [-0.2, -0.15) is 11.8 Å². The zero-order valence-corrected chi connectivity index (χ0v) is 12.9. The van der Waals surface area contributed by atoms with Crippen molar-refractivity contribution in [3.8, 4) is 0 Å². The van der Waals surface area contributed by atoms with Crippen molar-refractivity contribution in [2.75, 3.05) is 24.6 Å². The number of aliphatic carboxylic acids is 1. The smallest absolute Gasteiger partial charge is 0.303 e. The first kappa shape index (κ1) is 15.7. The SMILES string of the molecule is O=C(O)CCC1CCN(C(=O)CC2CCSCC2)CC1. The fraction of sp³-hybridized carbons (Fsp3) is 0.867. The number of hydrogen-bond acceptors (Lipinski definition) is 3. The van der Waals surface area contributed by atoms with E-state index in [-0.39, 0.29) is 6.42 Å². The van der Waals surface area contributed by atoms with Gasteiger partial charge < -0.3 is 10.0 Å². The van der Waals surface area contributed by atoms with Crippen LogP contribution in [0, 0.1) is 11.8 Å². The highest BCUT2D eigenvalue weighted by Gasteiger charge is 2.25. The molecule has 1 N–H and O–H groups in total. The van der Waals surface area contributed by atoms with Gasteiger partial charge in [0.05, 0.1) is 0 Å². The van der Waals surface area contributed by atoms with E-state index in [2.05, 4.69) is 0 Å². The summed E-state index contributed by atoms with van der Waals surface area (Å²) < 4.78 is 0. The van der Waals surface area contributed by atoms with Gasteiger partial charge in [0.25, 0.3) is 0 Å². The number of carbonyl (C=O) groups excluding carboxylic acids is 1. The van der Waals surface area contributed by atoms with E-state index in [1.165, 1.54) is 24.3 Å². The third kappa shape index (κ3) is 5.00. The zero-order valence-electron chi connectivity index (χ0n) is 12.1. The van der Waals surface area contributed by atoms with Crippen LogP contribution in [-0.4, -0.2) is 46.5 Å². The second-order valence-electron chi connectivity index (χ2n) is 6.02. The Balaban J connectivity index is 1.67. The minimum absolute atomic E-state index is 0.262. The summed E-state index contributed by atoms with van der Waals surface area (Å²) in [5, 5.41) is 8.70. The van der Waals surface area contributed by atoms with Crippen molar-refractivity contribution in [1.29, 1.82) is 0 Å². The van der Waals surface area contributed by atoms with Crippen LogP contribution in [0.25, 0.3) is 0 Å². The van der Waals surface area contributed by atoms with E-state index < -0.39 is 5.97 Å². The number of carboxylic acid groups (broad SMARTS) is 1. The first-order valence-electron chi connectivity index (χ1n) is 7.72. The number of thioether (sulfide) groups is 1. The lowest BCUT2D eigenvalue weighted by atomic mass is 9.91. The maximum Gasteiger partial charge on any atom is 0.303 e. The average molecular weight is 299 g/mol. The van der Waals surface area contributed by atoms with E-state index in [1.807, 2.05) is 16.7 Å². The van der Waals surface area contributed by atoms with Crippen molar-refractivity contribution in [2.24, 2.45) is 11.8 Å². The highest BCUT2D eigenvalue weighted by atomic mass is 32.2. The summed E-state index contributed by atoms with van der Waals surface area (Å²) in [6.45, 7) is 1.65. The van der Waals surface area contributed by atoms with Gasteiger partial charge in [-0.1, -0.05) is 0 Å². The molecule has 0 saturated carbocycles. The summed E-state index contributed by atoms with van der Waals surface area (Å²) in [4.78, 5) is 24.8. The second-order valence-corrected chi connectivity index (χ2v) is 7.24. The van der Waals surface area contributed by atoms with Gasteiger partial charge in [0.15, 0.2) is 0 Å². The number of amides is 1. The Hall–Kier alpha value is -0.710. The molecule has 2 fully saturated rings. The summed E-state index contributed by atoms with van der Waals surface area (Å²) in [6.07, 6.45) is 6.06. The van der Waals surface area contributed by atoms with Crippen molar-refractivity contribution in [3.63, 3.8) is 0 Å². The summed E-state index contributed by atoms with van der Waals surface area (Å²) in [5.41, 5.74) is 0. The van der Waals surface area contributed by atoms with Crippen molar-refractivity contribution >= 4 is 23.6 Å². The number of rotatable bonds is 5. The Morgan fingerprint density at radius 3 is 2.30 bits per heavy atom. The molecular formula is C15H25NO3S. The first-order valence-corrected chi connectivity index (χ1v) is 8.88. The molecule has 2 saturated heterocycles. The highest BCUT2D eigenvalue weighted by molar-refractivity contribution is 7.99. The lowest BCUT2D eigenvalue weighted by Crippen LogP contribution is -2.39. The fourth-order valence-electron chi connectivity index (χ4n) is 3.13. The molecule has 4 nitrogen and oxygen atoms in total. The Labute approximate surface area is 125 Å². The van der Waals surface area contributed by atoms with E-state index in [0.29, 0.717) is 17.7 Å². The maximum atomic E-state index is 12.3. The van der Waals surface area contributed by atoms with Crippen LogP contribution >= 0.6 is 11.8 Å². The molecule has 0 aliphatic carbocycles. The fourth-order valence-corrected chi connectivity index (χ4v) is 4.33. The molecule has 2 rings (SSSR count). The van der Waals surface area contributed by atoms with Crippen LogP contribution in [0.2, 0.25) is 0 Å². The number of carboxylic acids is 1. The quantitative estimate of drug-likeness (QED) is 0.848. The van der Waals surface area contributed by atoms with E-state index in [9.17, 15) is 9.59 Å². The molecule has 1 amide bonds. The lowest BCUT2D eigenvalue weighted by molar-refractivity contribution is -0.138. The van der Waals surface area contributed by atoms with Crippen molar-refractivity contribution in [2.45, 2.75) is 44.9 Å². The van der Waals surface area contributed by atoms with Crippen LogP contribution in [-0.2, 0) is 9.59 Å². The third-order valence-corrected chi connectivity index (χ3v) is 5.59. The van der Waals surface area contributed by atoms with Crippen LogP contribution in [0.5, 0.6) is 0 Å². The molecule has 2 aliphatic heterocycles. The Bertz CT molecular complexity index is 334. The lowest BCUT2D eigenvalue weighted by Gasteiger charge is -2.33. The van der Waals surface area contributed by atoms with Gasteiger partial charge >= 0.3 is 5.97 Å². The first-order chi connectivity index (χ1) is 9.65. The normalized spacial score (nSPS) is 21.9. The van der Waals surface area contributed by atoms with Crippen LogP contribution in [0.4, 0.5) is 0 Å². The molecule has 5 heteroatoms. The Morgan fingerprint density at radius 1 is 1.05 bits per heavy atom. The minimum atomic E-state index is -0.710. The summed E-state index contributed by atoms with van der Waals surface area (Å²) >= 11 is 2.00. The van der Waals surface area contributed by atoms with Crippen LogP contribution in [0.1, 0.15) is 44.9 Å². The summed E-state index contributed by atoms with van der Waals surface area (Å²) in [5.74, 6) is 3.09. The number of piperidine rings is 1. The molecule has 20 heavy (non-hydrogen) atoms. The monoisotopic (exact) mass is 299 g/mol. The molecule has 2 aliphatic rings. The molecule has 0 aromatic heterocycles. The van der Waals surface area contributed by atoms with Gasteiger partial charge in [0.1, 0.15) is 0 Å². The van der Waals surface area contributed by atoms with Gasteiger partial charge in [0, 0.05) is 25.9 Å². The number of hydrogen-bond donors (Lipinski definition) is 1.